The monoisotopic (exact) mass is 502 g/mol. The van der Waals surface area contributed by atoms with Gasteiger partial charge in [0.05, 0.1) is 28.6 Å². The second-order valence-electron chi connectivity index (χ2n) is 6.72. The predicted octanol–water partition coefficient (Wildman–Crippen LogP) is 4.98. The Labute approximate surface area is 197 Å². The number of benzene rings is 1. The quantitative estimate of drug-likeness (QED) is 0.415. The minimum atomic E-state index is -4.54. The van der Waals surface area contributed by atoms with E-state index in [0.29, 0.717) is 42.1 Å². The molecule has 0 saturated carbocycles. The van der Waals surface area contributed by atoms with E-state index in [1.54, 1.807) is 4.68 Å². The van der Waals surface area contributed by atoms with Gasteiger partial charge in [0.1, 0.15) is 5.56 Å². The number of nitrogens with one attached hydrogen (secondary N) is 1. The number of hydrogen-bond donors (Lipinski definition) is 1. The summed E-state index contributed by atoms with van der Waals surface area (Å²) in [6.45, 7) is 7.33. The van der Waals surface area contributed by atoms with Crippen molar-refractivity contribution in [3.8, 4) is 17.3 Å². The summed E-state index contributed by atoms with van der Waals surface area (Å²) in [5.74, 6) is 0.360. The minimum absolute atomic E-state index is 0.0109. The SMILES string of the molecule is CCOc1nn(CC)cc1-c1nnc(SCC(=O)Nc2cc(C(F)(F)F)ccc2Cl)n1CC. The molecule has 3 aromatic rings. The van der Waals surface area contributed by atoms with Crippen LogP contribution < -0.4 is 10.1 Å². The number of aromatic nitrogens is 5. The summed E-state index contributed by atoms with van der Waals surface area (Å²) in [6, 6.07) is 2.76. The van der Waals surface area contributed by atoms with Crippen LogP contribution >= 0.6 is 23.4 Å². The number of hydrogen-bond acceptors (Lipinski definition) is 6. The Morgan fingerprint density at radius 1 is 1.21 bits per heavy atom. The second-order valence-corrected chi connectivity index (χ2v) is 8.07. The van der Waals surface area contributed by atoms with Crippen LogP contribution in [-0.4, -0.2) is 42.8 Å². The number of anilines is 1. The fourth-order valence-electron chi connectivity index (χ4n) is 2.96. The molecule has 178 valence electrons. The van der Waals surface area contributed by atoms with Gasteiger partial charge in [-0.1, -0.05) is 23.4 Å². The molecule has 0 aliphatic carbocycles. The number of alkyl halides is 3. The topological polar surface area (TPSA) is 86.9 Å². The third-order valence-corrected chi connectivity index (χ3v) is 5.80. The Morgan fingerprint density at radius 3 is 2.61 bits per heavy atom. The number of ether oxygens (including phenoxy) is 1. The summed E-state index contributed by atoms with van der Waals surface area (Å²) in [4.78, 5) is 12.4. The summed E-state index contributed by atoms with van der Waals surface area (Å²) in [5, 5.41) is 15.7. The van der Waals surface area contributed by atoms with Crippen LogP contribution in [-0.2, 0) is 24.1 Å². The van der Waals surface area contributed by atoms with Crippen LogP contribution in [0.4, 0.5) is 18.9 Å². The fourth-order valence-corrected chi connectivity index (χ4v) is 3.92. The molecule has 0 spiro atoms. The first kappa shape index (κ1) is 24.9. The van der Waals surface area contributed by atoms with Crippen LogP contribution in [0.5, 0.6) is 5.88 Å². The van der Waals surface area contributed by atoms with Crippen molar-refractivity contribution in [3.63, 3.8) is 0 Å². The molecule has 3 rings (SSSR count). The minimum Gasteiger partial charge on any atom is -0.476 e. The molecule has 0 fully saturated rings. The average Bonchev–Trinajstić information content (AvgIpc) is 3.36. The highest BCUT2D eigenvalue weighted by molar-refractivity contribution is 7.99. The van der Waals surface area contributed by atoms with Crippen molar-refractivity contribution in [3.05, 3.63) is 35.0 Å². The lowest BCUT2D eigenvalue weighted by molar-refractivity contribution is -0.137. The number of amides is 1. The number of nitrogens with zero attached hydrogens (tertiary/aromatic N) is 5. The number of aryl methyl sites for hydroxylation is 1. The fraction of sp³-hybridized carbons (Fsp3) is 0.400. The lowest BCUT2D eigenvalue weighted by Crippen LogP contribution is -2.16. The number of carbonyl (C=O) groups excluding carboxylic acids is 1. The summed E-state index contributed by atoms with van der Waals surface area (Å²) in [7, 11) is 0. The zero-order chi connectivity index (χ0) is 24.2. The predicted molar refractivity (Wildman–Crippen MR) is 120 cm³/mol. The van der Waals surface area contributed by atoms with Crippen LogP contribution in [0.2, 0.25) is 5.02 Å². The first-order valence-electron chi connectivity index (χ1n) is 10.1. The van der Waals surface area contributed by atoms with Gasteiger partial charge in [0, 0.05) is 19.3 Å². The van der Waals surface area contributed by atoms with E-state index in [9.17, 15) is 18.0 Å². The van der Waals surface area contributed by atoms with Gasteiger partial charge in [-0.05, 0) is 39.0 Å². The first-order chi connectivity index (χ1) is 15.7. The molecule has 0 aliphatic rings. The Kier molecular flexibility index (Phi) is 7.90. The van der Waals surface area contributed by atoms with Crippen LogP contribution in [0.25, 0.3) is 11.4 Å². The number of carbonyl (C=O) groups is 1. The van der Waals surface area contributed by atoms with Crippen LogP contribution in [0.3, 0.4) is 0 Å². The van der Waals surface area contributed by atoms with E-state index in [2.05, 4.69) is 20.6 Å². The van der Waals surface area contributed by atoms with Gasteiger partial charge in [0.25, 0.3) is 0 Å². The van der Waals surface area contributed by atoms with Crippen LogP contribution in [0.1, 0.15) is 26.3 Å². The van der Waals surface area contributed by atoms with Gasteiger partial charge in [-0.3, -0.25) is 9.48 Å². The Bertz CT molecular complexity index is 1130. The van der Waals surface area contributed by atoms with Gasteiger partial charge in [0.15, 0.2) is 11.0 Å². The van der Waals surface area contributed by atoms with Crippen LogP contribution in [0.15, 0.2) is 29.6 Å². The van der Waals surface area contributed by atoms with Gasteiger partial charge in [-0.15, -0.1) is 15.3 Å². The molecule has 0 atom stereocenters. The Balaban J connectivity index is 1.75. The van der Waals surface area contributed by atoms with E-state index < -0.39 is 17.6 Å². The van der Waals surface area contributed by atoms with Crippen molar-refractivity contribution in [1.82, 2.24) is 24.5 Å². The van der Waals surface area contributed by atoms with Crippen molar-refractivity contribution in [1.29, 1.82) is 0 Å². The molecule has 2 aromatic heterocycles. The summed E-state index contributed by atoms with van der Waals surface area (Å²) >= 11 is 7.05. The molecule has 1 aromatic carbocycles. The Morgan fingerprint density at radius 2 is 1.97 bits per heavy atom. The molecule has 0 unspecified atom stereocenters. The first-order valence-corrected chi connectivity index (χ1v) is 11.5. The molecule has 0 bridgehead atoms. The zero-order valence-corrected chi connectivity index (χ0v) is 19.7. The molecule has 8 nitrogen and oxygen atoms in total. The average molecular weight is 503 g/mol. The lowest BCUT2D eigenvalue weighted by atomic mass is 10.2. The molecule has 0 radical (unpaired) electrons. The van der Waals surface area contributed by atoms with Crippen LogP contribution in [0, 0.1) is 0 Å². The van der Waals surface area contributed by atoms with Gasteiger partial charge in [-0.25, -0.2) is 0 Å². The molecule has 13 heteroatoms. The number of thioether (sulfide) groups is 1. The summed E-state index contributed by atoms with van der Waals surface area (Å²) in [5.41, 5.74) is -0.328. The number of halogens is 4. The standard InChI is InChI=1S/C20H22ClF3N6O2S/c1-4-29-10-13(18(28-29)32-6-3)17-26-27-19(30(17)5-2)33-11-16(31)25-15-9-12(20(22,23)24)7-8-14(15)21/h7-10H,4-6,11H2,1-3H3,(H,25,31). The largest absolute Gasteiger partial charge is 0.476 e. The van der Waals surface area contributed by atoms with Crippen molar-refractivity contribution in [2.75, 3.05) is 17.7 Å². The third kappa shape index (κ3) is 5.80. The molecule has 33 heavy (non-hydrogen) atoms. The lowest BCUT2D eigenvalue weighted by Gasteiger charge is -2.11. The van der Waals surface area contributed by atoms with Gasteiger partial charge < -0.3 is 14.6 Å². The van der Waals surface area contributed by atoms with Crippen molar-refractivity contribution in [2.45, 2.75) is 45.2 Å². The maximum Gasteiger partial charge on any atom is 0.416 e. The smallest absolute Gasteiger partial charge is 0.416 e. The van der Waals surface area contributed by atoms with Gasteiger partial charge >= 0.3 is 6.18 Å². The zero-order valence-electron chi connectivity index (χ0n) is 18.1. The molecule has 0 saturated heterocycles. The highest BCUT2D eigenvalue weighted by Gasteiger charge is 2.31. The maximum absolute atomic E-state index is 12.9. The van der Waals surface area contributed by atoms with E-state index in [1.807, 2.05) is 31.5 Å². The second kappa shape index (κ2) is 10.5. The van der Waals surface area contributed by atoms with E-state index in [-0.39, 0.29) is 16.5 Å². The van der Waals surface area contributed by atoms with Gasteiger partial charge in [0.2, 0.25) is 11.8 Å². The molecule has 1 N–H and O–H groups in total. The van der Waals surface area contributed by atoms with E-state index >= 15 is 0 Å². The molecular formula is C20H22ClF3N6O2S. The van der Waals surface area contributed by atoms with Crippen molar-refractivity contribution in [2.24, 2.45) is 0 Å². The van der Waals surface area contributed by atoms with Crippen molar-refractivity contribution >= 4 is 35.0 Å². The highest BCUT2D eigenvalue weighted by Crippen LogP contribution is 2.34. The number of rotatable bonds is 9. The van der Waals surface area contributed by atoms with E-state index in [0.717, 1.165) is 30.0 Å². The van der Waals surface area contributed by atoms with Gasteiger partial charge in [-0.2, -0.15) is 13.2 Å². The molecule has 1 amide bonds. The van der Waals surface area contributed by atoms with E-state index in [1.165, 1.54) is 0 Å². The van der Waals surface area contributed by atoms with Crippen molar-refractivity contribution < 1.29 is 22.7 Å². The maximum atomic E-state index is 12.9. The molecular weight excluding hydrogens is 481 g/mol. The summed E-state index contributed by atoms with van der Waals surface area (Å²) in [6.07, 6.45) is -2.73. The highest BCUT2D eigenvalue weighted by atomic mass is 35.5. The summed E-state index contributed by atoms with van der Waals surface area (Å²) < 4.78 is 48.0. The molecule has 0 aliphatic heterocycles. The third-order valence-electron chi connectivity index (χ3n) is 4.51. The molecule has 2 heterocycles. The Hall–Kier alpha value is -2.73. The van der Waals surface area contributed by atoms with E-state index in [4.69, 9.17) is 16.3 Å². The normalized spacial score (nSPS) is 11.6.